The zero-order valence-electron chi connectivity index (χ0n) is 19.8. The van der Waals surface area contributed by atoms with Gasteiger partial charge in [-0.3, -0.25) is 9.62 Å². The molecule has 0 aliphatic rings. The minimum atomic E-state index is -3.66. The third kappa shape index (κ3) is 7.89. The van der Waals surface area contributed by atoms with Crippen molar-refractivity contribution in [1.82, 2.24) is 14.8 Å². The van der Waals surface area contributed by atoms with E-state index in [0.717, 1.165) is 13.1 Å². The number of nitrogen functional groups attached to an aromatic ring is 1. The number of benzene rings is 1. The van der Waals surface area contributed by atoms with Gasteiger partial charge in [0, 0.05) is 30.4 Å². The molecule has 1 aromatic carbocycles. The molecule has 3 N–H and O–H groups in total. The molecule has 0 radical (unpaired) electrons. The first-order valence-electron chi connectivity index (χ1n) is 10.5. The third-order valence-electron chi connectivity index (χ3n) is 4.73. The topological polar surface area (TPSA) is 101 Å². The van der Waals surface area contributed by atoms with E-state index >= 15 is 0 Å². The monoisotopic (exact) mass is 477 g/mol. The molecule has 0 unspecified atom stereocenters. The highest BCUT2D eigenvalue weighted by Crippen LogP contribution is 2.36. The van der Waals surface area contributed by atoms with Gasteiger partial charge >= 0.3 is 0 Å². The number of halogens is 1. The quantitative estimate of drug-likeness (QED) is 0.507. The van der Waals surface area contributed by atoms with Gasteiger partial charge in [0.05, 0.1) is 25.1 Å². The number of ether oxygens (including phenoxy) is 1. The van der Waals surface area contributed by atoms with E-state index in [1.165, 1.54) is 19.2 Å². The van der Waals surface area contributed by atoms with E-state index in [2.05, 4.69) is 31.3 Å². The summed E-state index contributed by atoms with van der Waals surface area (Å²) in [5.41, 5.74) is 7.47. The Labute approximate surface area is 196 Å². The highest BCUT2D eigenvalue weighted by molar-refractivity contribution is 7.92. The molecular formula is C23H32FN5O3S. The van der Waals surface area contributed by atoms with E-state index in [0.29, 0.717) is 29.7 Å². The van der Waals surface area contributed by atoms with Crippen LogP contribution < -0.4 is 15.2 Å². The minimum Gasteiger partial charge on any atom is -0.492 e. The largest absolute Gasteiger partial charge is 0.492 e. The molecule has 10 heteroatoms. The number of hydrogen-bond donors (Lipinski definition) is 2. The van der Waals surface area contributed by atoms with Gasteiger partial charge in [-0.25, -0.2) is 17.8 Å². The van der Waals surface area contributed by atoms with E-state index < -0.39 is 15.8 Å². The van der Waals surface area contributed by atoms with Crippen LogP contribution in [0.3, 0.4) is 0 Å². The first kappa shape index (κ1) is 26.4. The molecule has 0 saturated carbocycles. The molecule has 180 valence electrons. The van der Waals surface area contributed by atoms with Crippen LogP contribution in [0.1, 0.15) is 18.9 Å². The first-order valence-corrected chi connectivity index (χ1v) is 12.2. The third-order valence-corrected chi connectivity index (χ3v) is 6.20. The summed E-state index contributed by atoms with van der Waals surface area (Å²) in [4.78, 5) is 8.39. The van der Waals surface area contributed by atoms with Gasteiger partial charge in [0.15, 0.2) is 11.6 Å². The van der Waals surface area contributed by atoms with Gasteiger partial charge in [0.2, 0.25) is 10.0 Å². The van der Waals surface area contributed by atoms with Gasteiger partial charge < -0.3 is 15.4 Å². The van der Waals surface area contributed by atoms with Crippen molar-refractivity contribution in [3.05, 3.63) is 35.8 Å². The van der Waals surface area contributed by atoms with Crippen molar-refractivity contribution in [3.63, 3.8) is 0 Å². The van der Waals surface area contributed by atoms with Gasteiger partial charge in [-0.1, -0.05) is 18.8 Å². The Morgan fingerprint density at radius 1 is 1.21 bits per heavy atom. The molecule has 8 nitrogen and oxygen atoms in total. The number of nitrogens with one attached hydrogen (secondary N) is 1. The van der Waals surface area contributed by atoms with E-state index in [1.807, 2.05) is 21.1 Å². The summed E-state index contributed by atoms with van der Waals surface area (Å²) < 4.78 is 46.7. The summed E-state index contributed by atoms with van der Waals surface area (Å²) in [6.07, 6.45) is 1.97. The molecule has 1 heterocycles. The van der Waals surface area contributed by atoms with Gasteiger partial charge in [-0.15, -0.1) is 0 Å². The molecule has 0 saturated heterocycles. The zero-order chi connectivity index (χ0) is 24.6. The fourth-order valence-electron chi connectivity index (χ4n) is 3.02. The lowest BCUT2D eigenvalue weighted by atomic mass is 10.0. The summed E-state index contributed by atoms with van der Waals surface area (Å²) in [6.45, 7) is 4.13. The summed E-state index contributed by atoms with van der Waals surface area (Å²) in [5, 5.41) is 0. The Kier molecular flexibility index (Phi) is 9.46. The maximum Gasteiger partial charge on any atom is 0.232 e. The molecule has 33 heavy (non-hydrogen) atoms. The summed E-state index contributed by atoms with van der Waals surface area (Å²) >= 11 is 0. The van der Waals surface area contributed by atoms with Crippen LogP contribution in [0.4, 0.5) is 15.9 Å². The summed E-state index contributed by atoms with van der Waals surface area (Å²) in [7, 11) is 3.65. The van der Waals surface area contributed by atoms with E-state index in [4.69, 9.17) is 10.5 Å². The van der Waals surface area contributed by atoms with Gasteiger partial charge in [-0.05, 0) is 51.3 Å². The number of sulfonamides is 1. The Bertz CT molecular complexity index is 1130. The lowest BCUT2D eigenvalue weighted by Gasteiger charge is -2.16. The predicted octanol–water partition coefficient (Wildman–Crippen LogP) is 2.48. The lowest BCUT2D eigenvalue weighted by molar-refractivity contribution is 0.305. The number of likely N-dealkylation sites (N-methyl/N-ethyl adjacent to an activating group) is 2. The number of nitrogens with zero attached hydrogens (tertiary/aromatic N) is 3. The van der Waals surface area contributed by atoms with Crippen LogP contribution >= 0.6 is 0 Å². The molecular weight excluding hydrogens is 445 g/mol. The second-order valence-electron chi connectivity index (χ2n) is 7.96. The van der Waals surface area contributed by atoms with Gasteiger partial charge in [0.1, 0.15) is 5.82 Å². The highest BCUT2D eigenvalue weighted by atomic mass is 32.2. The van der Waals surface area contributed by atoms with Crippen molar-refractivity contribution in [2.24, 2.45) is 0 Å². The van der Waals surface area contributed by atoms with Crippen LogP contribution in [-0.2, 0) is 10.0 Å². The summed E-state index contributed by atoms with van der Waals surface area (Å²) in [6, 6.07) is 4.42. The van der Waals surface area contributed by atoms with Crippen molar-refractivity contribution in [3.8, 4) is 28.7 Å². The van der Waals surface area contributed by atoms with Crippen LogP contribution in [-0.4, -0.2) is 76.8 Å². The van der Waals surface area contributed by atoms with Crippen LogP contribution in [0.25, 0.3) is 11.1 Å². The molecule has 0 amide bonds. The fraction of sp³-hybridized carbons (Fsp3) is 0.435. The maximum atomic E-state index is 14.8. The first-order chi connectivity index (χ1) is 15.6. The molecule has 0 bridgehead atoms. The molecule has 0 fully saturated rings. The van der Waals surface area contributed by atoms with E-state index in [-0.39, 0.29) is 23.0 Å². The lowest BCUT2D eigenvalue weighted by Crippen LogP contribution is -2.28. The SMILES string of the molecule is CCCS(=O)(=O)Nc1cc(-c2cc(C#CCN(C)CCN(C)C)cnc2N)cc(F)c1OC. The summed E-state index contributed by atoms with van der Waals surface area (Å²) in [5.74, 6) is 5.32. The van der Waals surface area contributed by atoms with Crippen LogP contribution in [0.2, 0.25) is 0 Å². The molecule has 2 rings (SSSR count). The second-order valence-corrected chi connectivity index (χ2v) is 9.80. The number of anilines is 2. The number of aromatic nitrogens is 1. The number of methoxy groups -OCH3 is 1. The van der Waals surface area contributed by atoms with E-state index in [9.17, 15) is 12.8 Å². The standard InChI is InChI=1S/C23H32FN5O3S/c1-6-12-33(30,31)27-21-15-18(14-20(24)22(21)32-5)19-13-17(16-26-23(19)25)8-7-9-29(4)11-10-28(2)3/h13-16,27H,6,9-12H2,1-5H3,(H2,25,26). The normalized spacial score (nSPS) is 11.4. The van der Waals surface area contributed by atoms with Crippen LogP contribution in [0.5, 0.6) is 5.75 Å². The maximum absolute atomic E-state index is 14.8. The molecule has 0 aliphatic carbocycles. The second kappa shape index (κ2) is 11.8. The smallest absolute Gasteiger partial charge is 0.232 e. The Morgan fingerprint density at radius 2 is 1.94 bits per heavy atom. The van der Waals surface area contributed by atoms with Crippen LogP contribution in [0.15, 0.2) is 24.4 Å². The molecule has 2 aromatic rings. The zero-order valence-corrected chi connectivity index (χ0v) is 20.6. The molecule has 0 atom stereocenters. The van der Waals surface area contributed by atoms with Gasteiger partial charge in [-0.2, -0.15) is 0 Å². The number of hydrogen-bond acceptors (Lipinski definition) is 7. The Hall–Kier alpha value is -2.87. The van der Waals surface area contributed by atoms with Crippen LogP contribution in [0, 0.1) is 17.7 Å². The van der Waals surface area contributed by atoms with E-state index in [1.54, 1.807) is 19.2 Å². The fourth-order valence-corrected chi connectivity index (χ4v) is 4.15. The van der Waals surface area contributed by atoms with Crippen molar-refractivity contribution in [2.75, 3.05) is 64.1 Å². The predicted molar refractivity (Wildman–Crippen MR) is 131 cm³/mol. The van der Waals surface area contributed by atoms with Crippen molar-refractivity contribution < 1.29 is 17.5 Å². The molecule has 0 spiro atoms. The Balaban J connectivity index is 2.36. The van der Waals surface area contributed by atoms with Gasteiger partial charge in [0.25, 0.3) is 0 Å². The minimum absolute atomic E-state index is 0.000598. The average Bonchev–Trinajstić information content (AvgIpc) is 2.73. The van der Waals surface area contributed by atoms with Crippen molar-refractivity contribution >= 4 is 21.5 Å². The number of rotatable bonds is 10. The van der Waals surface area contributed by atoms with Crippen molar-refractivity contribution in [1.29, 1.82) is 0 Å². The average molecular weight is 478 g/mol. The number of pyridine rings is 1. The Morgan fingerprint density at radius 3 is 2.58 bits per heavy atom. The number of nitrogens with two attached hydrogens (primary N) is 1. The highest BCUT2D eigenvalue weighted by Gasteiger charge is 2.19. The molecule has 1 aromatic heterocycles. The van der Waals surface area contributed by atoms with Crippen molar-refractivity contribution in [2.45, 2.75) is 13.3 Å². The molecule has 0 aliphatic heterocycles.